The molecule has 1 N–H and O–H groups in total. The average Bonchev–Trinajstić information content (AvgIpc) is 2.77. The third-order valence-corrected chi connectivity index (χ3v) is 4.05. The molecule has 1 saturated heterocycles. The molecule has 6 nitrogen and oxygen atoms in total. The predicted octanol–water partition coefficient (Wildman–Crippen LogP) is 0.791. The van der Waals surface area contributed by atoms with Gasteiger partial charge < -0.3 is 14.6 Å². The molecule has 1 aromatic heterocycles. The molecule has 1 atom stereocenters. The van der Waals surface area contributed by atoms with Crippen molar-refractivity contribution in [3.63, 3.8) is 0 Å². The number of piperazine rings is 1. The first kappa shape index (κ1) is 16.0. The van der Waals surface area contributed by atoms with Gasteiger partial charge in [0.05, 0.1) is 12.2 Å². The molecular formula is C15H26N4O2. The highest BCUT2D eigenvalue weighted by Crippen LogP contribution is 2.13. The van der Waals surface area contributed by atoms with E-state index >= 15 is 0 Å². The fourth-order valence-corrected chi connectivity index (χ4v) is 2.63. The average molecular weight is 294 g/mol. The monoisotopic (exact) mass is 294 g/mol. The zero-order valence-corrected chi connectivity index (χ0v) is 13.5. The summed E-state index contributed by atoms with van der Waals surface area (Å²) in [4.78, 5) is 20.9. The number of hydrogen-bond acceptors (Lipinski definition) is 5. The number of carbonyl (C=O) groups is 1. The summed E-state index contributed by atoms with van der Waals surface area (Å²) in [6, 6.07) is 0. The molecule has 0 radical (unpaired) electrons. The van der Waals surface area contributed by atoms with E-state index in [0.29, 0.717) is 0 Å². The molecule has 118 valence electrons. The summed E-state index contributed by atoms with van der Waals surface area (Å²) < 4.78 is 5.62. The number of oxazole rings is 1. The van der Waals surface area contributed by atoms with Crippen LogP contribution >= 0.6 is 0 Å². The van der Waals surface area contributed by atoms with Gasteiger partial charge in [-0.25, -0.2) is 4.98 Å². The third-order valence-electron chi connectivity index (χ3n) is 4.05. The number of carbonyl (C=O) groups excluding carboxylic acids is 1. The summed E-state index contributed by atoms with van der Waals surface area (Å²) >= 11 is 0. The lowest BCUT2D eigenvalue weighted by molar-refractivity contribution is -0.136. The molecule has 6 heteroatoms. The number of nitrogens with zero attached hydrogens (tertiary/aromatic N) is 3. The molecule has 1 aliphatic rings. The Morgan fingerprint density at radius 3 is 2.52 bits per heavy atom. The molecule has 0 aromatic carbocycles. The lowest BCUT2D eigenvalue weighted by Crippen LogP contribution is -2.50. The Labute approximate surface area is 126 Å². The summed E-state index contributed by atoms with van der Waals surface area (Å²) in [5.74, 6) is 1.94. The normalized spacial score (nSPS) is 18.0. The molecule has 1 fully saturated rings. The quantitative estimate of drug-likeness (QED) is 0.870. The van der Waals surface area contributed by atoms with Crippen molar-refractivity contribution in [2.24, 2.45) is 5.92 Å². The number of rotatable bonds is 5. The maximum atomic E-state index is 12.2. The van der Waals surface area contributed by atoms with Crippen LogP contribution in [0.25, 0.3) is 0 Å². The molecule has 0 bridgehead atoms. The second-order valence-corrected chi connectivity index (χ2v) is 5.81. The number of amides is 1. The first-order valence-corrected chi connectivity index (χ1v) is 7.60. The number of aryl methyl sites for hydroxylation is 2. The molecule has 1 amide bonds. The standard InChI is InChI=1S/C15H26N4O2/c1-11(9-16-4)15(20)19-7-5-18(6-8-19)10-14-17-12(2)13(3)21-14/h11,16H,5-10H2,1-4H3. The predicted molar refractivity (Wildman–Crippen MR) is 80.9 cm³/mol. The van der Waals surface area contributed by atoms with Crippen LogP contribution in [0.4, 0.5) is 0 Å². The van der Waals surface area contributed by atoms with Crippen LogP contribution in [0.15, 0.2) is 4.42 Å². The fraction of sp³-hybridized carbons (Fsp3) is 0.733. The van der Waals surface area contributed by atoms with Crippen LogP contribution in [-0.4, -0.2) is 60.5 Å². The van der Waals surface area contributed by atoms with Crippen LogP contribution in [0.1, 0.15) is 24.3 Å². The molecule has 0 aliphatic carbocycles. The molecular weight excluding hydrogens is 268 g/mol. The highest BCUT2D eigenvalue weighted by molar-refractivity contribution is 5.78. The van der Waals surface area contributed by atoms with Gasteiger partial charge in [-0.05, 0) is 20.9 Å². The first-order chi connectivity index (χ1) is 10.0. The van der Waals surface area contributed by atoms with Crippen molar-refractivity contribution >= 4 is 5.91 Å². The molecule has 1 unspecified atom stereocenters. The molecule has 21 heavy (non-hydrogen) atoms. The maximum absolute atomic E-state index is 12.2. The highest BCUT2D eigenvalue weighted by Gasteiger charge is 2.25. The van der Waals surface area contributed by atoms with Crippen molar-refractivity contribution in [3.05, 3.63) is 17.3 Å². The summed E-state index contributed by atoms with van der Waals surface area (Å²) in [7, 11) is 1.88. The van der Waals surface area contributed by atoms with Crippen molar-refractivity contribution in [1.82, 2.24) is 20.1 Å². The van der Waals surface area contributed by atoms with Gasteiger partial charge in [-0.2, -0.15) is 0 Å². The van der Waals surface area contributed by atoms with Gasteiger partial charge >= 0.3 is 0 Å². The SMILES string of the molecule is CNCC(C)C(=O)N1CCN(Cc2nc(C)c(C)o2)CC1. The third kappa shape index (κ3) is 4.04. The van der Waals surface area contributed by atoms with Crippen LogP contribution in [0.5, 0.6) is 0 Å². The second-order valence-electron chi connectivity index (χ2n) is 5.81. The van der Waals surface area contributed by atoms with E-state index in [0.717, 1.165) is 56.6 Å². The van der Waals surface area contributed by atoms with E-state index in [-0.39, 0.29) is 11.8 Å². The largest absolute Gasteiger partial charge is 0.444 e. The maximum Gasteiger partial charge on any atom is 0.226 e. The Hall–Kier alpha value is -1.40. The first-order valence-electron chi connectivity index (χ1n) is 7.60. The van der Waals surface area contributed by atoms with E-state index in [4.69, 9.17) is 4.42 Å². The zero-order valence-electron chi connectivity index (χ0n) is 13.5. The molecule has 2 rings (SSSR count). The van der Waals surface area contributed by atoms with E-state index in [1.807, 2.05) is 32.7 Å². The summed E-state index contributed by atoms with van der Waals surface area (Å²) in [5.41, 5.74) is 0.958. The van der Waals surface area contributed by atoms with Gasteiger partial charge in [-0.3, -0.25) is 9.69 Å². The van der Waals surface area contributed by atoms with Crippen molar-refractivity contribution in [2.75, 3.05) is 39.8 Å². The molecule has 2 heterocycles. The fourth-order valence-electron chi connectivity index (χ4n) is 2.63. The van der Waals surface area contributed by atoms with E-state index in [1.54, 1.807) is 0 Å². The van der Waals surface area contributed by atoms with Gasteiger partial charge in [0.1, 0.15) is 5.76 Å². The van der Waals surface area contributed by atoms with Crippen LogP contribution in [0, 0.1) is 19.8 Å². The van der Waals surface area contributed by atoms with Gasteiger partial charge in [0.25, 0.3) is 0 Å². The van der Waals surface area contributed by atoms with Gasteiger partial charge in [0.2, 0.25) is 11.8 Å². The minimum atomic E-state index is 0.0404. The topological polar surface area (TPSA) is 61.6 Å². The van der Waals surface area contributed by atoms with E-state index in [9.17, 15) is 4.79 Å². The zero-order chi connectivity index (χ0) is 15.4. The lowest BCUT2D eigenvalue weighted by Gasteiger charge is -2.35. The molecule has 0 spiro atoms. The van der Waals surface area contributed by atoms with E-state index in [1.165, 1.54) is 0 Å². The van der Waals surface area contributed by atoms with E-state index in [2.05, 4.69) is 15.2 Å². The smallest absolute Gasteiger partial charge is 0.226 e. The summed E-state index contributed by atoms with van der Waals surface area (Å²) in [6.07, 6.45) is 0. The van der Waals surface area contributed by atoms with Crippen molar-refractivity contribution in [2.45, 2.75) is 27.3 Å². The Morgan fingerprint density at radius 1 is 1.33 bits per heavy atom. The minimum absolute atomic E-state index is 0.0404. The van der Waals surface area contributed by atoms with E-state index < -0.39 is 0 Å². The number of nitrogens with one attached hydrogen (secondary N) is 1. The molecule has 0 saturated carbocycles. The van der Waals surface area contributed by atoms with Crippen LogP contribution in [0.2, 0.25) is 0 Å². The van der Waals surface area contributed by atoms with Crippen LogP contribution in [0.3, 0.4) is 0 Å². The van der Waals surface area contributed by atoms with Crippen molar-refractivity contribution < 1.29 is 9.21 Å². The van der Waals surface area contributed by atoms with Crippen molar-refractivity contribution in [1.29, 1.82) is 0 Å². The Bertz CT molecular complexity index is 459. The van der Waals surface area contributed by atoms with Gasteiger partial charge in [0, 0.05) is 38.6 Å². The Balaban J connectivity index is 1.81. The number of hydrogen-bond donors (Lipinski definition) is 1. The summed E-state index contributed by atoms with van der Waals surface area (Å²) in [6.45, 7) is 10.6. The van der Waals surface area contributed by atoms with Crippen LogP contribution in [-0.2, 0) is 11.3 Å². The number of aromatic nitrogens is 1. The minimum Gasteiger partial charge on any atom is -0.444 e. The van der Waals surface area contributed by atoms with Crippen molar-refractivity contribution in [3.8, 4) is 0 Å². The van der Waals surface area contributed by atoms with Gasteiger partial charge in [-0.15, -0.1) is 0 Å². The lowest BCUT2D eigenvalue weighted by atomic mass is 10.1. The highest BCUT2D eigenvalue weighted by atomic mass is 16.4. The Kier molecular flexibility index (Phi) is 5.36. The van der Waals surface area contributed by atoms with Gasteiger partial charge in [0.15, 0.2) is 0 Å². The molecule has 1 aliphatic heterocycles. The van der Waals surface area contributed by atoms with Crippen LogP contribution < -0.4 is 5.32 Å². The Morgan fingerprint density at radius 2 is 2.00 bits per heavy atom. The van der Waals surface area contributed by atoms with Gasteiger partial charge in [-0.1, -0.05) is 6.92 Å². The molecule has 1 aromatic rings. The second kappa shape index (κ2) is 7.04. The summed E-state index contributed by atoms with van der Waals surface area (Å²) in [5, 5.41) is 3.06.